The number of para-hydroxylation sites is 1. The van der Waals surface area contributed by atoms with Crippen LogP contribution in [0.15, 0.2) is 69.6 Å². The van der Waals surface area contributed by atoms with Gasteiger partial charge in [-0.2, -0.15) is 23.5 Å². The zero-order valence-corrected chi connectivity index (χ0v) is 13.4. The average molecular weight is 379 g/mol. The summed E-state index contributed by atoms with van der Waals surface area (Å²) in [6, 6.07) is 12.8. The van der Waals surface area contributed by atoms with Crippen molar-refractivity contribution in [1.82, 2.24) is 9.78 Å². The fourth-order valence-electron chi connectivity index (χ4n) is 2.29. The topological polar surface area (TPSA) is 110 Å². The molecule has 11 heteroatoms. The highest BCUT2D eigenvalue weighted by Crippen LogP contribution is 2.34. The van der Waals surface area contributed by atoms with Gasteiger partial charge in [0.1, 0.15) is 0 Å². The van der Waals surface area contributed by atoms with Crippen molar-refractivity contribution in [1.29, 1.82) is 0 Å². The molecular formula is C16H12F3N5O3. The summed E-state index contributed by atoms with van der Waals surface area (Å²) in [4.78, 5) is 12.4. The molecular weight excluding hydrogens is 367 g/mol. The lowest BCUT2D eigenvalue weighted by Crippen LogP contribution is -2.99. The van der Waals surface area contributed by atoms with Crippen LogP contribution in [0.2, 0.25) is 0 Å². The van der Waals surface area contributed by atoms with Crippen molar-refractivity contribution in [3.63, 3.8) is 0 Å². The number of aromatic nitrogens is 2. The van der Waals surface area contributed by atoms with Crippen LogP contribution in [-0.2, 0) is 6.18 Å². The molecule has 0 amide bonds. The zero-order valence-electron chi connectivity index (χ0n) is 13.4. The molecule has 1 unspecified atom stereocenters. The van der Waals surface area contributed by atoms with Gasteiger partial charge in [-0.25, -0.2) is 9.89 Å². The van der Waals surface area contributed by atoms with Crippen LogP contribution in [0.4, 0.5) is 30.2 Å². The molecule has 0 saturated heterocycles. The number of H-pyrrole nitrogens is 1. The smallest absolute Gasteiger partial charge is 0.435 e. The third kappa shape index (κ3) is 3.95. The molecule has 1 heterocycles. The van der Waals surface area contributed by atoms with Crippen molar-refractivity contribution in [2.75, 3.05) is 0 Å². The Morgan fingerprint density at radius 2 is 1.78 bits per heavy atom. The first-order valence-electron chi connectivity index (χ1n) is 7.50. The first-order valence-corrected chi connectivity index (χ1v) is 7.50. The summed E-state index contributed by atoms with van der Waals surface area (Å²) in [6.45, 7) is 0. The van der Waals surface area contributed by atoms with Crippen molar-refractivity contribution in [2.24, 2.45) is 10.2 Å². The Bertz CT molecular complexity index is 1030. The van der Waals surface area contributed by atoms with E-state index in [0.29, 0.717) is 4.68 Å². The van der Waals surface area contributed by atoms with Crippen LogP contribution in [0.1, 0.15) is 5.69 Å². The third-order valence-electron chi connectivity index (χ3n) is 3.52. The second-order valence-corrected chi connectivity index (χ2v) is 5.36. The van der Waals surface area contributed by atoms with Crippen molar-refractivity contribution in [3.05, 3.63) is 75.9 Å². The van der Waals surface area contributed by atoms with E-state index in [9.17, 15) is 23.2 Å². The fourth-order valence-corrected chi connectivity index (χ4v) is 2.29. The van der Waals surface area contributed by atoms with Crippen molar-refractivity contribution in [3.8, 4) is 5.69 Å². The lowest BCUT2D eigenvalue weighted by molar-refractivity contribution is -0.991. The molecule has 27 heavy (non-hydrogen) atoms. The number of quaternary nitrogens is 1. The first kappa shape index (κ1) is 18.5. The molecule has 1 aromatic heterocycles. The Labute approximate surface area is 149 Å². The molecule has 3 aromatic rings. The molecule has 2 aromatic carbocycles. The Hall–Kier alpha value is -3.28. The molecule has 0 aliphatic heterocycles. The fraction of sp³-hybridized carbons (Fsp3) is 0.0625. The van der Waals surface area contributed by atoms with E-state index in [0.717, 1.165) is 6.07 Å². The largest absolute Gasteiger partial charge is 0.595 e. The minimum Gasteiger partial charge on any atom is -0.595 e. The van der Waals surface area contributed by atoms with E-state index in [2.05, 4.69) is 10.2 Å². The minimum absolute atomic E-state index is 0.00474. The number of nitrogens with zero attached hydrogens (tertiary/aromatic N) is 3. The van der Waals surface area contributed by atoms with Gasteiger partial charge in [-0.15, -0.1) is 5.11 Å². The average Bonchev–Trinajstić information content (AvgIpc) is 2.98. The van der Waals surface area contributed by atoms with Gasteiger partial charge in [0.05, 0.1) is 11.4 Å². The van der Waals surface area contributed by atoms with E-state index in [4.69, 9.17) is 5.21 Å². The van der Waals surface area contributed by atoms with Gasteiger partial charge in [0, 0.05) is 12.1 Å². The second-order valence-electron chi connectivity index (χ2n) is 5.36. The SMILES string of the molecule is O=c1c(N=Nc2cccc([NH+]([O-])O)c2)c(C(F)(F)F)[nH]n1-c1ccccc1. The van der Waals surface area contributed by atoms with E-state index >= 15 is 0 Å². The Morgan fingerprint density at radius 3 is 2.41 bits per heavy atom. The molecule has 0 bridgehead atoms. The highest BCUT2D eigenvalue weighted by Gasteiger charge is 2.38. The molecule has 0 spiro atoms. The van der Waals surface area contributed by atoms with E-state index < -0.39 is 28.3 Å². The first-order chi connectivity index (χ1) is 12.8. The van der Waals surface area contributed by atoms with Gasteiger partial charge in [-0.3, -0.25) is 9.89 Å². The lowest BCUT2D eigenvalue weighted by atomic mass is 10.3. The molecule has 0 saturated carbocycles. The van der Waals surface area contributed by atoms with Gasteiger partial charge in [0.2, 0.25) is 0 Å². The van der Waals surface area contributed by atoms with Crippen LogP contribution in [0.5, 0.6) is 0 Å². The molecule has 0 aliphatic rings. The number of aromatic amines is 1. The van der Waals surface area contributed by atoms with Crippen LogP contribution in [0.25, 0.3) is 5.69 Å². The van der Waals surface area contributed by atoms with Gasteiger partial charge in [0.15, 0.2) is 17.1 Å². The normalized spacial score (nSPS) is 13.2. The van der Waals surface area contributed by atoms with Crippen molar-refractivity contribution in [2.45, 2.75) is 6.18 Å². The Morgan fingerprint density at radius 1 is 1.07 bits per heavy atom. The molecule has 0 radical (unpaired) electrons. The number of halogens is 3. The van der Waals surface area contributed by atoms with Crippen molar-refractivity contribution < 1.29 is 23.6 Å². The molecule has 1 atom stereocenters. The van der Waals surface area contributed by atoms with Gasteiger partial charge in [0.25, 0.3) is 5.56 Å². The summed E-state index contributed by atoms with van der Waals surface area (Å²) in [5.74, 6) is 0. The summed E-state index contributed by atoms with van der Waals surface area (Å²) in [6.07, 6.45) is -4.86. The van der Waals surface area contributed by atoms with Gasteiger partial charge >= 0.3 is 6.18 Å². The zero-order chi connectivity index (χ0) is 19.6. The summed E-state index contributed by atoms with van der Waals surface area (Å²) < 4.78 is 40.6. The van der Waals surface area contributed by atoms with E-state index in [1.807, 2.05) is 5.10 Å². The summed E-state index contributed by atoms with van der Waals surface area (Å²) in [5, 5.41) is 27.7. The van der Waals surface area contributed by atoms with Crippen molar-refractivity contribution >= 4 is 17.1 Å². The lowest BCUT2D eigenvalue weighted by Gasteiger charge is -2.10. The maximum Gasteiger partial charge on any atom is 0.435 e. The predicted molar refractivity (Wildman–Crippen MR) is 87.8 cm³/mol. The number of alkyl halides is 3. The maximum atomic E-state index is 13.3. The van der Waals surface area contributed by atoms with Gasteiger partial charge < -0.3 is 5.21 Å². The van der Waals surface area contributed by atoms with Crippen LogP contribution in [0.3, 0.4) is 0 Å². The molecule has 3 rings (SSSR count). The number of nitrogens with one attached hydrogen (secondary N) is 2. The van der Waals surface area contributed by atoms with Crippen LogP contribution in [-0.4, -0.2) is 15.0 Å². The third-order valence-corrected chi connectivity index (χ3v) is 3.52. The standard InChI is InChI=1S/C16H12F3N5O3/c17-16(18,19)14-13(15(25)23(22-14)11-6-2-1-3-7-11)21-20-10-5-4-8-12(9-10)24(26)27/h1-9,22,24,26H. The molecule has 140 valence electrons. The van der Waals surface area contributed by atoms with E-state index in [-0.39, 0.29) is 17.1 Å². The predicted octanol–water partition coefficient (Wildman–Crippen LogP) is 3.00. The molecule has 8 nitrogen and oxygen atoms in total. The molecule has 3 N–H and O–H groups in total. The summed E-state index contributed by atoms with van der Waals surface area (Å²) >= 11 is 0. The second kappa shape index (κ2) is 7.15. The summed E-state index contributed by atoms with van der Waals surface area (Å²) in [7, 11) is 0. The number of rotatable bonds is 4. The Balaban J connectivity index is 2.08. The van der Waals surface area contributed by atoms with E-state index in [1.165, 1.54) is 30.3 Å². The quantitative estimate of drug-likeness (QED) is 0.479. The number of hydrogen-bond donors (Lipinski definition) is 3. The number of hydrogen-bond acceptors (Lipinski definition) is 5. The highest BCUT2D eigenvalue weighted by atomic mass is 19.4. The minimum atomic E-state index is -4.86. The molecule has 0 fully saturated rings. The van der Waals surface area contributed by atoms with Crippen LogP contribution in [0, 0.1) is 5.21 Å². The molecule has 0 aliphatic carbocycles. The summed E-state index contributed by atoms with van der Waals surface area (Å²) in [5.41, 5.74) is -3.23. The highest BCUT2D eigenvalue weighted by molar-refractivity contribution is 5.48. The number of benzene rings is 2. The monoisotopic (exact) mass is 379 g/mol. The van der Waals surface area contributed by atoms with E-state index in [1.54, 1.807) is 18.2 Å². The van der Waals surface area contributed by atoms with Crippen LogP contribution >= 0.6 is 0 Å². The van der Waals surface area contributed by atoms with Gasteiger partial charge in [-0.05, 0) is 18.2 Å². The Kier molecular flexibility index (Phi) is 4.90. The number of azo groups is 1. The maximum absolute atomic E-state index is 13.3. The van der Waals surface area contributed by atoms with Crippen LogP contribution < -0.4 is 10.8 Å². The van der Waals surface area contributed by atoms with Gasteiger partial charge in [-0.1, -0.05) is 24.3 Å².